The van der Waals surface area contributed by atoms with Crippen LogP contribution in [0, 0.1) is 5.92 Å². The minimum atomic E-state index is -3.35. The maximum atomic E-state index is 12.4. The van der Waals surface area contributed by atoms with Gasteiger partial charge in [-0.2, -0.15) is 0 Å². The average molecular weight is 291 g/mol. The van der Waals surface area contributed by atoms with Gasteiger partial charge in [0.2, 0.25) is 0 Å². The van der Waals surface area contributed by atoms with Crippen molar-refractivity contribution in [3.63, 3.8) is 0 Å². The molecule has 1 aromatic carbocycles. The first kappa shape index (κ1) is 13.5. The van der Waals surface area contributed by atoms with Crippen LogP contribution in [0.15, 0.2) is 35.5 Å². The predicted octanol–water partition coefficient (Wildman–Crippen LogP) is 1.40. The van der Waals surface area contributed by atoms with Crippen LogP contribution in [0.1, 0.15) is 12.8 Å². The van der Waals surface area contributed by atoms with E-state index in [9.17, 15) is 8.42 Å². The van der Waals surface area contributed by atoms with E-state index in [-0.39, 0.29) is 16.7 Å². The number of sulfone groups is 1. The van der Waals surface area contributed by atoms with E-state index in [0.29, 0.717) is 11.0 Å². The van der Waals surface area contributed by atoms with E-state index in [0.717, 1.165) is 25.9 Å². The molecule has 0 atom stereocenters. The summed E-state index contributed by atoms with van der Waals surface area (Å²) in [5, 5.41) is 3.33. The predicted molar refractivity (Wildman–Crippen MR) is 77.2 cm³/mol. The summed E-state index contributed by atoms with van der Waals surface area (Å²) >= 11 is 0. The van der Waals surface area contributed by atoms with Gasteiger partial charge >= 0.3 is 0 Å². The molecule has 20 heavy (non-hydrogen) atoms. The van der Waals surface area contributed by atoms with Crippen molar-refractivity contribution in [2.24, 2.45) is 5.92 Å². The molecule has 5 nitrogen and oxygen atoms in total. The molecule has 106 valence electrons. The Bertz CT molecular complexity index is 709. The van der Waals surface area contributed by atoms with Crippen LogP contribution >= 0.6 is 0 Å². The molecule has 1 saturated heterocycles. The molecular formula is C14H17N3O2S. The molecular weight excluding hydrogens is 274 g/mol. The Hall–Kier alpha value is -1.53. The van der Waals surface area contributed by atoms with Gasteiger partial charge in [0.05, 0.1) is 23.0 Å². The molecule has 3 rings (SSSR count). The van der Waals surface area contributed by atoms with Crippen LogP contribution in [-0.2, 0) is 9.84 Å². The Morgan fingerprint density at radius 1 is 1.15 bits per heavy atom. The lowest BCUT2D eigenvalue weighted by atomic mass is 10.0. The quantitative estimate of drug-likeness (QED) is 0.925. The molecule has 0 saturated carbocycles. The van der Waals surface area contributed by atoms with E-state index >= 15 is 0 Å². The zero-order valence-corrected chi connectivity index (χ0v) is 11.9. The smallest absolute Gasteiger partial charge is 0.197 e. The lowest BCUT2D eigenvalue weighted by molar-refractivity contribution is 0.401. The first-order valence-corrected chi connectivity index (χ1v) is 8.46. The van der Waals surface area contributed by atoms with Crippen molar-refractivity contribution in [3.05, 3.63) is 30.5 Å². The van der Waals surface area contributed by atoms with E-state index < -0.39 is 9.84 Å². The first-order valence-electron chi connectivity index (χ1n) is 6.80. The van der Waals surface area contributed by atoms with Crippen molar-refractivity contribution in [2.45, 2.75) is 17.9 Å². The molecule has 6 heteroatoms. The normalized spacial score (nSPS) is 17.4. The second kappa shape index (κ2) is 5.46. The molecule has 1 N–H and O–H groups in total. The Morgan fingerprint density at radius 2 is 1.85 bits per heavy atom. The fraction of sp³-hybridized carbons (Fsp3) is 0.429. The van der Waals surface area contributed by atoms with Crippen molar-refractivity contribution in [1.29, 1.82) is 0 Å². The van der Waals surface area contributed by atoms with Gasteiger partial charge in [0, 0.05) is 0 Å². The number of benzene rings is 1. The second-order valence-corrected chi connectivity index (χ2v) is 7.15. The van der Waals surface area contributed by atoms with Crippen LogP contribution in [0.2, 0.25) is 0 Å². The van der Waals surface area contributed by atoms with Gasteiger partial charge < -0.3 is 5.32 Å². The number of nitrogens with one attached hydrogen (secondary N) is 1. The molecule has 2 aromatic rings. The summed E-state index contributed by atoms with van der Waals surface area (Å²) < 4.78 is 24.8. The second-order valence-electron chi connectivity index (χ2n) is 5.17. The summed E-state index contributed by atoms with van der Waals surface area (Å²) in [6, 6.07) is 7.30. The highest BCUT2D eigenvalue weighted by Crippen LogP contribution is 2.19. The molecule has 0 spiro atoms. The molecule has 0 radical (unpaired) electrons. The summed E-state index contributed by atoms with van der Waals surface area (Å²) in [6.45, 7) is 1.78. The highest BCUT2D eigenvalue weighted by atomic mass is 32.2. The maximum absolute atomic E-state index is 12.4. The fourth-order valence-corrected chi connectivity index (χ4v) is 4.11. The summed E-state index contributed by atoms with van der Waals surface area (Å²) in [7, 11) is -3.35. The van der Waals surface area contributed by atoms with Gasteiger partial charge in [-0.1, -0.05) is 12.1 Å². The van der Waals surface area contributed by atoms with Gasteiger partial charge in [-0.3, -0.25) is 4.98 Å². The Kier molecular flexibility index (Phi) is 3.67. The van der Waals surface area contributed by atoms with Crippen molar-refractivity contribution >= 4 is 20.9 Å². The van der Waals surface area contributed by atoms with Gasteiger partial charge in [-0.05, 0) is 44.0 Å². The third-order valence-electron chi connectivity index (χ3n) is 3.66. The Balaban J connectivity index is 1.88. The van der Waals surface area contributed by atoms with Crippen LogP contribution < -0.4 is 5.32 Å². The number of fused-ring (bicyclic) bond motifs is 1. The van der Waals surface area contributed by atoms with Crippen molar-refractivity contribution < 1.29 is 8.42 Å². The first-order chi connectivity index (χ1) is 9.65. The number of para-hydroxylation sites is 2. The summed E-state index contributed by atoms with van der Waals surface area (Å²) in [4.78, 5) is 8.43. The lowest BCUT2D eigenvalue weighted by Crippen LogP contribution is -2.31. The molecule has 2 heterocycles. The third kappa shape index (κ3) is 2.81. The van der Waals surface area contributed by atoms with E-state index in [1.165, 1.54) is 6.20 Å². The average Bonchev–Trinajstić information content (AvgIpc) is 2.47. The number of hydrogen-bond donors (Lipinski definition) is 1. The minimum absolute atomic E-state index is 0.0923. The zero-order chi connectivity index (χ0) is 14.0. The van der Waals surface area contributed by atoms with E-state index in [1.807, 2.05) is 18.2 Å². The number of piperidine rings is 1. The number of rotatable bonds is 3. The number of nitrogens with zero attached hydrogens (tertiary/aromatic N) is 2. The van der Waals surface area contributed by atoms with Crippen molar-refractivity contribution in [3.8, 4) is 0 Å². The van der Waals surface area contributed by atoms with E-state index in [4.69, 9.17) is 0 Å². The number of hydrogen-bond acceptors (Lipinski definition) is 5. The molecule has 1 aliphatic heterocycles. The summed E-state index contributed by atoms with van der Waals surface area (Å²) in [6.07, 6.45) is 3.18. The standard InChI is InChI=1S/C14H17N3O2S/c18-20(19,10-11-5-7-15-8-6-11)14-9-16-12-3-1-2-4-13(12)17-14/h1-4,9,11,15H,5-8,10H2. The van der Waals surface area contributed by atoms with Crippen LogP contribution in [-0.4, -0.2) is 37.2 Å². The highest BCUT2D eigenvalue weighted by molar-refractivity contribution is 7.91. The minimum Gasteiger partial charge on any atom is -0.317 e. The third-order valence-corrected chi connectivity index (χ3v) is 5.40. The topological polar surface area (TPSA) is 72.0 Å². The van der Waals surface area contributed by atoms with Gasteiger partial charge in [-0.15, -0.1) is 0 Å². The molecule has 1 aromatic heterocycles. The summed E-state index contributed by atoms with van der Waals surface area (Å²) in [5.74, 6) is 0.386. The monoisotopic (exact) mass is 291 g/mol. The lowest BCUT2D eigenvalue weighted by Gasteiger charge is -2.22. The molecule has 0 aliphatic carbocycles. The van der Waals surface area contributed by atoms with Gasteiger partial charge in [0.15, 0.2) is 14.9 Å². The van der Waals surface area contributed by atoms with Crippen LogP contribution in [0.3, 0.4) is 0 Å². The molecule has 1 aliphatic rings. The Labute approximate surface area is 118 Å². The molecule has 0 bridgehead atoms. The van der Waals surface area contributed by atoms with Crippen LogP contribution in [0.4, 0.5) is 0 Å². The molecule has 1 fully saturated rings. The van der Waals surface area contributed by atoms with Gasteiger partial charge in [-0.25, -0.2) is 13.4 Å². The molecule has 0 amide bonds. The maximum Gasteiger partial charge on any atom is 0.197 e. The highest BCUT2D eigenvalue weighted by Gasteiger charge is 2.24. The van der Waals surface area contributed by atoms with Crippen molar-refractivity contribution in [2.75, 3.05) is 18.8 Å². The van der Waals surface area contributed by atoms with Gasteiger partial charge in [0.1, 0.15) is 0 Å². The van der Waals surface area contributed by atoms with Gasteiger partial charge in [0.25, 0.3) is 0 Å². The van der Waals surface area contributed by atoms with Crippen molar-refractivity contribution in [1.82, 2.24) is 15.3 Å². The summed E-state index contributed by atoms with van der Waals surface area (Å²) in [5.41, 5.74) is 1.34. The SMILES string of the molecule is O=S(=O)(CC1CCNCC1)c1cnc2ccccc2n1. The number of aromatic nitrogens is 2. The largest absolute Gasteiger partial charge is 0.317 e. The zero-order valence-electron chi connectivity index (χ0n) is 11.1. The van der Waals surface area contributed by atoms with Crippen LogP contribution in [0.5, 0.6) is 0 Å². The van der Waals surface area contributed by atoms with E-state index in [1.54, 1.807) is 6.07 Å². The fourth-order valence-electron chi connectivity index (χ4n) is 2.53. The van der Waals surface area contributed by atoms with E-state index in [2.05, 4.69) is 15.3 Å². The Morgan fingerprint density at radius 3 is 2.60 bits per heavy atom. The van der Waals surface area contributed by atoms with Crippen LogP contribution in [0.25, 0.3) is 11.0 Å². The molecule has 0 unspecified atom stereocenters.